The Kier molecular flexibility index (Phi) is 2.94. The molecule has 0 spiro atoms. The van der Waals surface area contributed by atoms with Crippen molar-refractivity contribution in [2.45, 2.75) is 26.1 Å². The van der Waals surface area contributed by atoms with Crippen LogP contribution in [0, 0.1) is 0 Å². The average molecular weight is 335 g/mol. The van der Waals surface area contributed by atoms with E-state index in [2.05, 4.69) is 22.5 Å². The maximum Gasteiger partial charge on any atom is 0.245 e. The van der Waals surface area contributed by atoms with Gasteiger partial charge in [-0.25, -0.2) is 0 Å². The van der Waals surface area contributed by atoms with Crippen molar-refractivity contribution in [2.24, 2.45) is 0 Å². The Labute approximate surface area is 125 Å². The van der Waals surface area contributed by atoms with E-state index in [4.69, 9.17) is 9.47 Å². The van der Waals surface area contributed by atoms with Crippen LogP contribution in [0.25, 0.3) is 10.8 Å². The van der Waals surface area contributed by atoms with Gasteiger partial charge < -0.3 is 14.6 Å². The highest BCUT2D eigenvalue weighted by Gasteiger charge is 2.33. The fourth-order valence-electron chi connectivity index (χ4n) is 2.52. The van der Waals surface area contributed by atoms with Gasteiger partial charge in [0.2, 0.25) is 5.79 Å². The lowest BCUT2D eigenvalue weighted by atomic mass is 10.0. The van der Waals surface area contributed by atoms with Crippen molar-refractivity contribution in [3.8, 4) is 17.2 Å². The monoisotopic (exact) mass is 334 g/mol. The molecule has 3 nitrogen and oxygen atoms in total. The summed E-state index contributed by atoms with van der Waals surface area (Å²) < 4.78 is 12.5. The molecule has 20 heavy (non-hydrogen) atoms. The molecular weight excluding hydrogens is 320 g/mol. The summed E-state index contributed by atoms with van der Waals surface area (Å²) in [7, 11) is 0. The normalized spacial score (nSPS) is 15.6. The van der Waals surface area contributed by atoms with Gasteiger partial charge in [0, 0.05) is 24.8 Å². The Morgan fingerprint density at radius 3 is 2.80 bits per heavy atom. The third kappa shape index (κ3) is 1.86. The Morgan fingerprint density at radius 2 is 2.10 bits per heavy atom. The van der Waals surface area contributed by atoms with E-state index in [-0.39, 0.29) is 5.75 Å². The molecule has 0 radical (unpaired) electrons. The lowest BCUT2D eigenvalue weighted by Gasteiger charge is -2.34. The molecule has 0 saturated carbocycles. The van der Waals surface area contributed by atoms with E-state index >= 15 is 0 Å². The first-order chi connectivity index (χ1) is 9.44. The summed E-state index contributed by atoms with van der Waals surface area (Å²) in [4.78, 5) is 0. The number of hydrogen-bond donors (Lipinski definition) is 1. The molecule has 1 aliphatic rings. The number of rotatable bonds is 2. The maximum absolute atomic E-state index is 10.5. The number of ether oxygens (including phenoxy) is 2. The molecule has 0 amide bonds. The number of aromatic hydroxyl groups is 1. The molecule has 3 rings (SSSR count). The maximum atomic E-state index is 10.5. The third-order valence-corrected chi connectivity index (χ3v) is 4.15. The fourth-order valence-corrected chi connectivity index (χ4v) is 3.15. The Balaban J connectivity index is 2.42. The predicted octanol–water partition coefficient (Wildman–Crippen LogP) is 4.54. The van der Waals surface area contributed by atoms with Crippen molar-refractivity contribution >= 4 is 26.7 Å². The van der Waals surface area contributed by atoms with Gasteiger partial charge in [-0.3, -0.25) is 0 Å². The molecule has 2 aromatic carbocycles. The lowest BCUT2D eigenvalue weighted by Crippen LogP contribution is -2.37. The van der Waals surface area contributed by atoms with Gasteiger partial charge in [0.25, 0.3) is 0 Å². The van der Waals surface area contributed by atoms with Crippen LogP contribution in [-0.4, -0.2) is 10.9 Å². The van der Waals surface area contributed by atoms with Crippen LogP contribution >= 0.6 is 15.9 Å². The van der Waals surface area contributed by atoms with E-state index < -0.39 is 5.79 Å². The van der Waals surface area contributed by atoms with Crippen LogP contribution in [0.15, 0.2) is 35.3 Å². The number of hydrogen-bond acceptors (Lipinski definition) is 3. The van der Waals surface area contributed by atoms with Crippen molar-refractivity contribution < 1.29 is 14.6 Å². The van der Waals surface area contributed by atoms with E-state index in [0.29, 0.717) is 12.2 Å². The van der Waals surface area contributed by atoms with Gasteiger partial charge in [-0.15, -0.1) is 6.58 Å². The van der Waals surface area contributed by atoms with E-state index in [9.17, 15) is 5.11 Å². The second-order valence-corrected chi connectivity index (χ2v) is 6.04. The highest BCUT2D eigenvalue weighted by Crippen LogP contribution is 2.50. The molecule has 1 heterocycles. The molecule has 104 valence electrons. The average Bonchev–Trinajstić information content (AvgIpc) is 2.39. The van der Waals surface area contributed by atoms with Gasteiger partial charge in [-0.1, -0.05) is 18.2 Å². The van der Waals surface area contributed by atoms with Gasteiger partial charge in [0.15, 0.2) is 5.75 Å². The number of benzene rings is 2. The van der Waals surface area contributed by atoms with Crippen molar-refractivity contribution in [1.29, 1.82) is 0 Å². The quantitative estimate of drug-likeness (QED) is 0.819. The number of halogens is 1. The van der Waals surface area contributed by atoms with Crippen molar-refractivity contribution in [1.82, 2.24) is 0 Å². The number of phenols is 1. The molecule has 4 heteroatoms. The topological polar surface area (TPSA) is 38.7 Å². The molecule has 2 aromatic rings. The van der Waals surface area contributed by atoms with Gasteiger partial charge in [0.05, 0.1) is 9.86 Å². The summed E-state index contributed by atoms with van der Waals surface area (Å²) >= 11 is 3.55. The van der Waals surface area contributed by atoms with Crippen molar-refractivity contribution in [3.05, 3.63) is 40.9 Å². The number of allylic oxidation sites excluding steroid dienone is 1. The summed E-state index contributed by atoms with van der Waals surface area (Å²) in [6, 6.07) is 5.62. The van der Waals surface area contributed by atoms with Gasteiger partial charge in [-0.05, 0) is 28.4 Å². The van der Waals surface area contributed by atoms with Crippen LogP contribution in [0.4, 0.5) is 0 Å². The van der Waals surface area contributed by atoms with Gasteiger partial charge >= 0.3 is 0 Å². The van der Waals surface area contributed by atoms with Crippen LogP contribution in [0.2, 0.25) is 0 Å². The zero-order valence-electron chi connectivity index (χ0n) is 11.4. The van der Waals surface area contributed by atoms with Crippen LogP contribution in [0.5, 0.6) is 17.2 Å². The third-order valence-electron chi connectivity index (χ3n) is 3.31. The second-order valence-electron chi connectivity index (χ2n) is 5.25. The fraction of sp³-hybridized carbons (Fsp3) is 0.250. The second kappa shape index (κ2) is 4.42. The van der Waals surface area contributed by atoms with E-state index in [1.165, 1.54) is 0 Å². The molecule has 0 aromatic heterocycles. The summed E-state index contributed by atoms with van der Waals surface area (Å²) in [6.07, 6.45) is 2.32. The first kappa shape index (κ1) is 13.3. The molecule has 0 aliphatic carbocycles. The molecule has 0 atom stereocenters. The van der Waals surface area contributed by atoms with E-state index in [1.807, 2.05) is 32.0 Å². The van der Waals surface area contributed by atoms with Crippen LogP contribution in [0.3, 0.4) is 0 Å². The van der Waals surface area contributed by atoms with Crippen molar-refractivity contribution in [2.75, 3.05) is 0 Å². The van der Waals surface area contributed by atoms with Crippen LogP contribution in [-0.2, 0) is 6.42 Å². The molecule has 1 N–H and O–H groups in total. The zero-order valence-corrected chi connectivity index (χ0v) is 13.0. The highest BCUT2D eigenvalue weighted by molar-refractivity contribution is 9.10. The summed E-state index contributed by atoms with van der Waals surface area (Å²) in [5.41, 5.74) is 0.775. The van der Waals surface area contributed by atoms with Crippen molar-refractivity contribution in [3.63, 3.8) is 0 Å². The molecular formula is C16H15BrO3. The molecule has 0 unspecified atom stereocenters. The Bertz CT molecular complexity index is 719. The summed E-state index contributed by atoms with van der Waals surface area (Å²) in [6.45, 7) is 7.46. The zero-order chi connectivity index (χ0) is 14.5. The van der Waals surface area contributed by atoms with E-state index in [1.54, 1.807) is 6.08 Å². The molecule has 1 aliphatic heterocycles. The minimum absolute atomic E-state index is 0.240. The summed E-state index contributed by atoms with van der Waals surface area (Å²) in [5.74, 6) is 0.923. The minimum Gasteiger partial charge on any atom is -0.507 e. The first-order valence-electron chi connectivity index (χ1n) is 6.39. The Hall–Kier alpha value is -1.68. The predicted molar refractivity (Wildman–Crippen MR) is 82.5 cm³/mol. The van der Waals surface area contributed by atoms with Crippen LogP contribution < -0.4 is 9.47 Å². The van der Waals surface area contributed by atoms with Crippen LogP contribution in [0.1, 0.15) is 19.4 Å². The highest BCUT2D eigenvalue weighted by atomic mass is 79.9. The SMILES string of the molecule is C=CCc1c(Br)c2c3c(cccc3c1O)OC(C)(C)O2. The minimum atomic E-state index is -0.744. The largest absolute Gasteiger partial charge is 0.507 e. The number of phenolic OH excluding ortho intramolecular Hbond substituents is 1. The smallest absolute Gasteiger partial charge is 0.245 e. The Morgan fingerprint density at radius 1 is 1.35 bits per heavy atom. The van der Waals surface area contributed by atoms with Gasteiger partial charge in [0.1, 0.15) is 11.5 Å². The molecule has 0 bridgehead atoms. The molecule has 0 fully saturated rings. The first-order valence-corrected chi connectivity index (χ1v) is 7.19. The molecule has 0 saturated heterocycles. The lowest BCUT2D eigenvalue weighted by molar-refractivity contribution is -0.0867. The van der Waals surface area contributed by atoms with Gasteiger partial charge in [-0.2, -0.15) is 0 Å². The summed E-state index contributed by atoms with van der Waals surface area (Å²) in [5, 5.41) is 12.0. The standard InChI is InChI=1S/C16H15BrO3/c1-4-6-10-13(17)15-12-9(14(10)18)7-5-8-11(12)19-16(2,3)20-15/h4-5,7-8,18H,1,6H2,2-3H3. The van der Waals surface area contributed by atoms with E-state index in [0.717, 1.165) is 26.6 Å².